The van der Waals surface area contributed by atoms with Gasteiger partial charge in [0.25, 0.3) is 5.91 Å². The number of hydrogen-bond acceptors (Lipinski definition) is 4. The fraction of sp³-hybridized carbons (Fsp3) is 0.136. The Kier molecular flexibility index (Phi) is 4.87. The molecule has 0 radical (unpaired) electrons. The van der Waals surface area contributed by atoms with E-state index in [1.54, 1.807) is 35.1 Å². The van der Waals surface area contributed by atoms with Crippen molar-refractivity contribution >= 4 is 28.5 Å². The lowest BCUT2D eigenvalue weighted by Gasteiger charge is -2.17. The number of nitrogens with zero attached hydrogens (tertiary/aromatic N) is 2. The second-order valence-electron chi connectivity index (χ2n) is 6.75. The molecular formula is C22H20N4O3. The summed E-state index contributed by atoms with van der Waals surface area (Å²) < 4.78 is 7.45. The third kappa shape index (κ3) is 3.89. The lowest BCUT2D eigenvalue weighted by Crippen LogP contribution is -2.27. The predicted octanol–water partition coefficient (Wildman–Crippen LogP) is 4.07. The minimum absolute atomic E-state index is 0.157. The van der Waals surface area contributed by atoms with Gasteiger partial charge in [-0.3, -0.25) is 9.59 Å². The van der Waals surface area contributed by atoms with Crippen LogP contribution in [0.1, 0.15) is 36.0 Å². The fourth-order valence-corrected chi connectivity index (χ4v) is 3.26. The van der Waals surface area contributed by atoms with Gasteiger partial charge in [0.1, 0.15) is 5.58 Å². The minimum atomic E-state index is -0.315. The van der Waals surface area contributed by atoms with E-state index in [-0.39, 0.29) is 23.6 Å². The summed E-state index contributed by atoms with van der Waals surface area (Å²) in [6, 6.07) is 16.3. The lowest BCUT2D eigenvalue weighted by atomic mass is 10.1. The molecule has 7 heteroatoms. The van der Waals surface area contributed by atoms with Crippen molar-refractivity contribution in [3.63, 3.8) is 0 Å². The highest BCUT2D eigenvalue weighted by Gasteiger charge is 2.18. The van der Waals surface area contributed by atoms with Gasteiger partial charge < -0.3 is 15.1 Å². The number of aromatic nitrogens is 2. The SMILES string of the molecule is CC(=O)Nc1ccc2oc(C(=O)NC(C)c3ccccc3-n3cccn3)cc2c1. The van der Waals surface area contributed by atoms with E-state index in [9.17, 15) is 9.59 Å². The van der Waals surface area contributed by atoms with Crippen molar-refractivity contribution in [3.8, 4) is 5.69 Å². The number of nitrogens with one attached hydrogen (secondary N) is 2. The summed E-state index contributed by atoms with van der Waals surface area (Å²) in [5.74, 6) is -0.260. The Labute approximate surface area is 167 Å². The van der Waals surface area contributed by atoms with Crippen molar-refractivity contribution in [3.05, 3.63) is 78.3 Å². The Bertz CT molecular complexity index is 1180. The summed E-state index contributed by atoms with van der Waals surface area (Å²) in [5.41, 5.74) is 3.07. The number of furan rings is 1. The van der Waals surface area contributed by atoms with Crippen molar-refractivity contribution in [2.24, 2.45) is 0 Å². The molecule has 0 spiro atoms. The van der Waals surface area contributed by atoms with Crippen LogP contribution in [0.15, 0.2) is 71.4 Å². The summed E-state index contributed by atoms with van der Waals surface area (Å²) in [6.45, 7) is 3.36. The molecule has 2 amide bonds. The van der Waals surface area contributed by atoms with E-state index in [0.29, 0.717) is 11.3 Å². The molecule has 29 heavy (non-hydrogen) atoms. The van der Waals surface area contributed by atoms with Crippen LogP contribution in [-0.4, -0.2) is 21.6 Å². The zero-order valence-corrected chi connectivity index (χ0v) is 16.0. The van der Waals surface area contributed by atoms with Crippen LogP contribution in [0.3, 0.4) is 0 Å². The zero-order valence-electron chi connectivity index (χ0n) is 16.0. The number of carbonyl (C=O) groups is 2. The maximum Gasteiger partial charge on any atom is 0.287 e. The van der Waals surface area contributed by atoms with Crippen LogP contribution >= 0.6 is 0 Å². The Morgan fingerprint density at radius 1 is 1.10 bits per heavy atom. The number of fused-ring (bicyclic) bond motifs is 1. The molecule has 0 saturated carbocycles. The van der Waals surface area contributed by atoms with E-state index in [1.165, 1.54) is 6.92 Å². The third-order valence-electron chi connectivity index (χ3n) is 4.56. The number of carbonyl (C=O) groups excluding carboxylic acids is 2. The van der Waals surface area contributed by atoms with Crippen LogP contribution in [0.5, 0.6) is 0 Å². The Hall–Kier alpha value is -3.87. The van der Waals surface area contributed by atoms with Gasteiger partial charge in [-0.15, -0.1) is 0 Å². The Balaban J connectivity index is 1.56. The normalized spacial score (nSPS) is 11.9. The second-order valence-corrected chi connectivity index (χ2v) is 6.75. The van der Waals surface area contributed by atoms with Gasteiger partial charge in [0.2, 0.25) is 5.91 Å². The number of benzene rings is 2. The van der Waals surface area contributed by atoms with Crippen molar-refractivity contribution in [2.75, 3.05) is 5.32 Å². The number of hydrogen-bond donors (Lipinski definition) is 2. The molecule has 4 aromatic rings. The standard InChI is InChI=1S/C22H20N4O3/c1-14(18-6-3-4-7-19(18)26-11-5-10-23-26)24-22(28)21-13-16-12-17(25-15(2)27)8-9-20(16)29-21/h3-14H,1-2H3,(H,24,28)(H,25,27). The fourth-order valence-electron chi connectivity index (χ4n) is 3.26. The average molecular weight is 388 g/mol. The second kappa shape index (κ2) is 7.63. The first-order valence-corrected chi connectivity index (χ1v) is 9.22. The van der Waals surface area contributed by atoms with E-state index in [2.05, 4.69) is 15.7 Å². The molecule has 0 aliphatic heterocycles. The predicted molar refractivity (Wildman–Crippen MR) is 110 cm³/mol. The summed E-state index contributed by atoms with van der Waals surface area (Å²) in [6.07, 6.45) is 3.57. The molecule has 2 heterocycles. The van der Waals surface area contributed by atoms with E-state index in [0.717, 1.165) is 16.6 Å². The Morgan fingerprint density at radius 2 is 1.93 bits per heavy atom. The van der Waals surface area contributed by atoms with Gasteiger partial charge in [0.05, 0.1) is 11.7 Å². The number of rotatable bonds is 5. The van der Waals surface area contributed by atoms with Gasteiger partial charge >= 0.3 is 0 Å². The van der Waals surface area contributed by atoms with Gasteiger partial charge in [-0.05, 0) is 48.9 Å². The van der Waals surface area contributed by atoms with Crippen LogP contribution in [0.4, 0.5) is 5.69 Å². The molecule has 2 aromatic heterocycles. The van der Waals surface area contributed by atoms with E-state index >= 15 is 0 Å². The lowest BCUT2D eigenvalue weighted by molar-refractivity contribution is -0.114. The molecule has 2 N–H and O–H groups in total. The molecule has 0 aliphatic rings. The summed E-state index contributed by atoms with van der Waals surface area (Å²) in [5, 5.41) is 10.7. The first kappa shape index (κ1) is 18.5. The number of amides is 2. The van der Waals surface area contributed by atoms with E-state index in [1.807, 2.05) is 43.5 Å². The minimum Gasteiger partial charge on any atom is -0.451 e. The van der Waals surface area contributed by atoms with Gasteiger partial charge in [-0.25, -0.2) is 4.68 Å². The van der Waals surface area contributed by atoms with Crippen LogP contribution < -0.4 is 10.6 Å². The molecule has 2 aromatic carbocycles. The molecule has 0 bridgehead atoms. The van der Waals surface area contributed by atoms with Crippen LogP contribution in [0.25, 0.3) is 16.7 Å². The highest BCUT2D eigenvalue weighted by molar-refractivity contribution is 5.98. The molecule has 0 fully saturated rings. The maximum absolute atomic E-state index is 12.8. The first-order chi connectivity index (χ1) is 14.0. The average Bonchev–Trinajstić information content (AvgIpc) is 3.37. The molecule has 0 saturated heterocycles. The van der Waals surface area contributed by atoms with Crippen LogP contribution in [0.2, 0.25) is 0 Å². The van der Waals surface area contributed by atoms with Crippen molar-refractivity contribution in [2.45, 2.75) is 19.9 Å². The van der Waals surface area contributed by atoms with Gasteiger partial charge in [-0.1, -0.05) is 18.2 Å². The van der Waals surface area contributed by atoms with Crippen LogP contribution in [0, 0.1) is 0 Å². The van der Waals surface area contributed by atoms with Crippen molar-refractivity contribution in [1.82, 2.24) is 15.1 Å². The molecule has 7 nitrogen and oxygen atoms in total. The van der Waals surface area contributed by atoms with Gasteiger partial charge in [-0.2, -0.15) is 5.10 Å². The van der Waals surface area contributed by atoms with Crippen molar-refractivity contribution < 1.29 is 14.0 Å². The zero-order chi connectivity index (χ0) is 20.4. The number of anilines is 1. The molecular weight excluding hydrogens is 368 g/mol. The van der Waals surface area contributed by atoms with Gasteiger partial charge in [0, 0.05) is 30.4 Å². The highest BCUT2D eigenvalue weighted by atomic mass is 16.3. The summed E-state index contributed by atoms with van der Waals surface area (Å²) in [7, 11) is 0. The van der Waals surface area contributed by atoms with E-state index in [4.69, 9.17) is 4.42 Å². The molecule has 1 unspecified atom stereocenters. The summed E-state index contributed by atoms with van der Waals surface area (Å²) >= 11 is 0. The Morgan fingerprint density at radius 3 is 2.69 bits per heavy atom. The number of para-hydroxylation sites is 1. The highest BCUT2D eigenvalue weighted by Crippen LogP contribution is 2.25. The quantitative estimate of drug-likeness (QED) is 0.539. The van der Waals surface area contributed by atoms with Crippen molar-refractivity contribution in [1.29, 1.82) is 0 Å². The van der Waals surface area contributed by atoms with Crippen LogP contribution in [-0.2, 0) is 4.79 Å². The summed E-state index contributed by atoms with van der Waals surface area (Å²) in [4.78, 5) is 24.0. The van der Waals surface area contributed by atoms with Gasteiger partial charge in [0.15, 0.2) is 5.76 Å². The largest absolute Gasteiger partial charge is 0.451 e. The molecule has 4 rings (SSSR count). The third-order valence-corrected chi connectivity index (χ3v) is 4.56. The van der Waals surface area contributed by atoms with E-state index < -0.39 is 0 Å². The molecule has 146 valence electrons. The molecule has 1 atom stereocenters. The topological polar surface area (TPSA) is 89.2 Å². The smallest absolute Gasteiger partial charge is 0.287 e. The monoisotopic (exact) mass is 388 g/mol. The first-order valence-electron chi connectivity index (χ1n) is 9.22. The maximum atomic E-state index is 12.8. The molecule has 0 aliphatic carbocycles.